The van der Waals surface area contributed by atoms with Gasteiger partial charge in [-0.25, -0.2) is 0 Å². The molecule has 1 saturated heterocycles. The molecule has 1 aliphatic heterocycles. The summed E-state index contributed by atoms with van der Waals surface area (Å²) in [5.74, 6) is -0.00761. The van der Waals surface area contributed by atoms with Gasteiger partial charge >= 0.3 is 5.97 Å². The van der Waals surface area contributed by atoms with Crippen molar-refractivity contribution >= 4 is 29.3 Å². The van der Waals surface area contributed by atoms with Crippen molar-refractivity contribution in [1.82, 2.24) is 0 Å². The minimum absolute atomic E-state index is 0.00560. The molecular formula is C18H17NO3S. The van der Waals surface area contributed by atoms with E-state index >= 15 is 0 Å². The number of esters is 1. The average Bonchev–Trinajstić information content (AvgIpc) is 2.93. The minimum atomic E-state index is -0.771. The van der Waals surface area contributed by atoms with Crippen molar-refractivity contribution in [2.24, 2.45) is 0 Å². The van der Waals surface area contributed by atoms with E-state index in [1.54, 1.807) is 4.90 Å². The lowest BCUT2D eigenvalue weighted by Crippen LogP contribution is -2.44. The molecule has 23 heavy (non-hydrogen) atoms. The number of hydrogen-bond acceptors (Lipinski definition) is 4. The lowest BCUT2D eigenvalue weighted by atomic mass is 10.00. The molecule has 0 bridgehead atoms. The Kier molecular flexibility index (Phi) is 4.39. The van der Waals surface area contributed by atoms with Gasteiger partial charge in [0.2, 0.25) is 5.91 Å². The van der Waals surface area contributed by atoms with Crippen LogP contribution in [-0.2, 0) is 19.2 Å². The zero-order valence-electron chi connectivity index (χ0n) is 12.8. The maximum absolute atomic E-state index is 12.6. The number of hydrogen-bond donors (Lipinski definition) is 0. The van der Waals surface area contributed by atoms with Crippen molar-refractivity contribution in [3.05, 3.63) is 66.2 Å². The number of anilines is 1. The summed E-state index contributed by atoms with van der Waals surface area (Å²) < 4.78 is 4.89. The van der Waals surface area contributed by atoms with Gasteiger partial charge in [0.15, 0.2) is 0 Å². The quantitative estimate of drug-likeness (QED) is 0.809. The second-order valence-electron chi connectivity index (χ2n) is 5.26. The fourth-order valence-corrected chi connectivity index (χ4v) is 4.20. The first-order chi connectivity index (χ1) is 11.2. The molecule has 0 radical (unpaired) electrons. The van der Waals surface area contributed by atoms with Crippen molar-refractivity contribution in [1.29, 1.82) is 0 Å². The number of para-hydroxylation sites is 1. The Bertz CT molecular complexity index is 705. The summed E-state index contributed by atoms with van der Waals surface area (Å²) in [7, 11) is 1.37. The largest absolute Gasteiger partial charge is 0.469 e. The van der Waals surface area contributed by atoms with Gasteiger partial charge in [0.25, 0.3) is 0 Å². The summed E-state index contributed by atoms with van der Waals surface area (Å²) in [6.45, 7) is 0. The van der Waals surface area contributed by atoms with E-state index in [1.165, 1.54) is 18.9 Å². The van der Waals surface area contributed by atoms with Gasteiger partial charge in [-0.05, 0) is 17.7 Å². The molecule has 3 rings (SSSR count). The van der Waals surface area contributed by atoms with Crippen LogP contribution < -0.4 is 4.90 Å². The Morgan fingerprint density at radius 2 is 1.74 bits per heavy atom. The molecule has 0 N–H and O–H groups in total. The molecule has 1 amide bonds. The first-order valence-corrected chi connectivity index (χ1v) is 8.30. The van der Waals surface area contributed by atoms with Gasteiger partial charge in [0.1, 0.15) is 4.87 Å². The summed E-state index contributed by atoms with van der Waals surface area (Å²) in [5.41, 5.74) is 1.71. The SMILES string of the molecule is COC(=O)C[C@]1(c2ccccc2)SCC(=O)N1c1ccccc1. The number of carbonyl (C=O) groups is 2. The Hall–Kier alpha value is -2.27. The average molecular weight is 327 g/mol. The predicted octanol–water partition coefficient (Wildman–Crippen LogP) is 3.18. The third-order valence-corrected chi connectivity index (χ3v) is 5.33. The standard InChI is InChI=1S/C18H17NO3S/c1-22-17(21)12-18(14-8-4-2-5-9-14)19(16(20)13-23-18)15-10-6-3-7-11-15/h2-11H,12-13H2,1H3/t18-/m1/s1. The summed E-state index contributed by atoms with van der Waals surface area (Å²) in [5, 5.41) is 0. The van der Waals surface area contributed by atoms with Crippen LogP contribution in [0.25, 0.3) is 0 Å². The minimum Gasteiger partial charge on any atom is -0.469 e. The number of amides is 1. The highest BCUT2D eigenvalue weighted by molar-refractivity contribution is 8.01. The summed E-state index contributed by atoms with van der Waals surface area (Å²) in [6.07, 6.45) is 0.110. The Balaban J connectivity index is 2.13. The van der Waals surface area contributed by atoms with Gasteiger partial charge in [0, 0.05) is 5.69 Å². The number of methoxy groups -OCH3 is 1. The van der Waals surface area contributed by atoms with Crippen LogP contribution in [0.15, 0.2) is 60.7 Å². The molecule has 0 saturated carbocycles. The fraction of sp³-hybridized carbons (Fsp3) is 0.222. The molecule has 4 nitrogen and oxygen atoms in total. The molecule has 118 valence electrons. The van der Waals surface area contributed by atoms with Crippen molar-refractivity contribution in [2.45, 2.75) is 11.3 Å². The maximum Gasteiger partial charge on any atom is 0.309 e. The lowest BCUT2D eigenvalue weighted by molar-refractivity contribution is -0.141. The highest BCUT2D eigenvalue weighted by atomic mass is 32.2. The maximum atomic E-state index is 12.6. The second-order valence-corrected chi connectivity index (χ2v) is 6.51. The van der Waals surface area contributed by atoms with Gasteiger partial charge in [-0.15, -0.1) is 11.8 Å². The van der Waals surface area contributed by atoms with E-state index in [0.717, 1.165) is 11.3 Å². The fourth-order valence-electron chi connectivity index (χ4n) is 2.85. The third-order valence-electron chi connectivity index (χ3n) is 3.90. The number of carbonyl (C=O) groups excluding carboxylic acids is 2. The number of thioether (sulfide) groups is 1. The van der Waals surface area contributed by atoms with E-state index in [0.29, 0.717) is 5.75 Å². The number of rotatable bonds is 4. The Morgan fingerprint density at radius 1 is 1.13 bits per heavy atom. The molecule has 0 aliphatic carbocycles. The van der Waals surface area contributed by atoms with E-state index in [2.05, 4.69) is 0 Å². The van der Waals surface area contributed by atoms with Crippen molar-refractivity contribution in [3.63, 3.8) is 0 Å². The zero-order chi connectivity index (χ0) is 16.3. The lowest BCUT2D eigenvalue weighted by Gasteiger charge is -2.37. The molecular weight excluding hydrogens is 310 g/mol. The molecule has 1 aliphatic rings. The van der Waals surface area contributed by atoms with Crippen LogP contribution in [0.2, 0.25) is 0 Å². The molecule has 5 heteroatoms. The van der Waals surface area contributed by atoms with E-state index in [1.807, 2.05) is 60.7 Å². The van der Waals surface area contributed by atoms with Gasteiger partial charge < -0.3 is 4.74 Å². The number of benzene rings is 2. The molecule has 1 atom stereocenters. The second kappa shape index (κ2) is 6.46. The molecule has 0 aromatic heterocycles. The predicted molar refractivity (Wildman–Crippen MR) is 91.1 cm³/mol. The van der Waals surface area contributed by atoms with Crippen LogP contribution in [0.4, 0.5) is 5.69 Å². The molecule has 2 aromatic carbocycles. The van der Waals surface area contributed by atoms with Crippen molar-refractivity contribution in [3.8, 4) is 0 Å². The normalized spacial score (nSPS) is 20.6. The van der Waals surface area contributed by atoms with Gasteiger partial charge in [0.05, 0.1) is 19.3 Å². The van der Waals surface area contributed by atoms with Gasteiger partial charge in [-0.2, -0.15) is 0 Å². The molecule has 1 fully saturated rings. The van der Waals surface area contributed by atoms with Crippen LogP contribution in [0.1, 0.15) is 12.0 Å². The van der Waals surface area contributed by atoms with E-state index in [9.17, 15) is 9.59 Å². The van der Waals surface area contributed by atoms with Crippen LogP contribution in [0.3, 0.4) is 0 Å². The van der Waals surface area contributed by atoms with E-state index in [-0.39, 0.29) is 18.3 Å². The molecule has 1 heterocycles. The van der Waals surface area contributed by atoms with E-state index in [4.69, 9.17) is 4.74 Å². The highest BCUT2D eigenvalue weighted by Crippen LogP contribution is 2.50. The third kappa shape index (κ3) is 2.84. The Labute approximate surface area is 139 Å². The monoisotopic (exact) mass is 327 g/mol. The first-order valence-electron chi connectivity index (χ1n) is 7.32. The van der Waals surface area contributed by atoms with Crippen LogP contribution in [0, 0.1) is 0 Å². The van der Waals surface area contributed by atoms with Crippen molar-refractivity contribution in [2.75, 3.05) is 17.8 Å². The molecule has 2 aromatic rings. The van der Waals surface area contributed by atoms with Crippen LogP contribution in [-0.4, -0.2) is 24.7 Å². The topological polar surface area (TPSA) is 46.6 Å². The molecule has 0 unspecified atom stereocenters. The first kappa shape index (κ1) is 15.6. The summed E-state index contributed by atoms with van der Waals surface area (Å²) in [4.78, 5) is 25.6. The Morgan fingerprint density at radius 3 is 2.35 bits per heavy atom. The van der Waals surface area contributed by atoms with Gasteiger partial charge in [-0.1, -0.05) is 48.5 Å². The molecule has 0 spiro atoms. The number of ether oxygens (including phenoxy) is 1. The summed E-state index contributed by atoms with van der Waals surface area (Å²) in [6, 6.07) is 19.1. The summed E-state index contributed by atoms with van der Waals surface area (Å²) >= 11 is 1.47. The van der Waals surface area contributed by atoms with E-state index < -0.39 is 4.87 Å². The highest BCUT2D eigenvalue weighted by Gasteiger charge is 2.50. The van der Waals surface area contributed by atoms with Crippen molar-refractivity contribution < 1.29 is 14.3 Å². The van der Waals surface area contributed by atoms with Crippen LogP contribution >= 0.6 is 11.8 Å². The number of nitrogens with zero attached hydrogens (tertiary/aromatic N) is 1. The van der Waals surface area contributed by atoms with Crippen LogP contribution in [0.5, 0.6) is 0 Å². The zero-order valence-corrected chi connectivity index (χ0v) is 13.6. The van der Waals surface area contributed by atoms with Gasteiger partial charge in [-0.3, -0.25) is 14.5 Å². The smallest absolute Gasteiger partial charge is 0.309 e.